The lowest BCUT2D eigenvalue weighted by atomic mass is 10.0. The summed E-state index contributed by atoms with van der Waals surface area (Å²) in [6, 6.07) is 5.54. The van der Waals surface area contributed by atoms with Gasteiger partial charge >= 0.3 is 6.05 Å². The fraction of sp³-hybridized carbons (Fsp3) is 0.348. The Bertz CT molecular complexity index is 1170. The van der Waals surface area contributed by atoms with Crippen molar-refractivity contribution in [1.29, 1.82) is 0 Å². The number of halogens is 2. The standard InChI is InChI=1S/C23H25F2N5O2S/c1-29(2)10-6-9-19(32)30-12-18-16(11-23(30,24)25)20-21(26-14-27-22(20)33-18)28-17(13-31)15-7-4-3-5-8-15/h3-9,14,17,31H,10-13H2,1-2H3,(H,26,27,28). The molecule has 3 heterocycles. The Morgan fingerprint density at radius 1 is 1.33 bits per heavy atom. The van der Waals surface area contributed by atoms with Crippen molar-refractivity contribution in [2.75, 3.05) is 32.6 Å². The van der Waals surface area contributed by atoms with Crippen LogP contribution < -0.4 is 5.32 Å². The highest BCUT2D eigenvalue weighted by atomic mass is 32.1. The highest BCUT2D eigenvalue weighted by Crippen LogP contribution is 2.43. The first-order valence-electron chi connectivity index (χ1n) is 10.5. The van der Waals surface area contributed by atoms with Gasteiger partial charge in [-0.15, -0.1) is 11.3 Å². The zero-order chi connectivity index (χ0) is 23.6. The third kappa shape index (κ3) is 4.87. The lowest BCUT2D eigenvalue weighted by Crippen LogP contribution is -2.48. The van der Waals surface area contributed by atoms with Gasteiger partial charge in [0.15, 0.2) is 0 Å². The van der Waals surface area contributed by atoms with E-state index in [1.165, 1.54) is 23.7 Å². The Morgan fingerprint density at radius 2 is 2.09 bits per heavy atom. The first-order valence-corrected chi connectivity index (χ1v) is 11.3. The molecule has 0 bridgehead atoms. The number of amides is 1. The predicted octanol–water partition coefficient (Wildman–Crippen LogP) is 3.43. The minimum atomic E-state index is -3.34. The Balaban J connectivity index is 1.66. The van der Waals surface area contributed by atoms with Crippen molar-refractivity contribution in [3.63, 3.8) is 0 Å². The van der Waals surface area contributed by atoms with Crippen LogP contribution in [0.25, 0.3) is 10.2 Å². The van der Waals surface area contributed by atoms with E-state index in [0.29, 0.717) is 37.9 Å². The molecule has 2 N–H and O–H groups in total. The molecule has 7 nitrogen and oxygen atoms in total. The minimum Gasteiger partial charge on any atom is -0.394 e. The molecule has 1 atom stereocenters. The number of hydrogen-bond acceptors (Lipinski definition) is 7. The second-order valence-electron chi connectivity index (χ2n) is 8.13. The number of likely N-dealkylation sites (N-methyl/N-ethyl adjacent to an activating group) is 1. The number of carbonyl (C=O) groups is 1. The van der Waals surface area contributed by atoms with Gasteiger partial charge in [-0.3, -0.25) is 9.69 Å². The molecular formula is C23H25F2N5O2S. The number of alkyl halides is 2. The van der Waals surface area contributed by atoms with Crippen LogP contribution in [0.5, 0.6) is 0 Å². The number of hydrogen-bond donors (Lipinski definition) is 2. The maximum absolute atomic E-state index is 15.1. The molecule has 2 aromatic heterocycles. The minimum absolute atomic E-state index is 0.195. The Labute approximate surface area is 194 Å². The zero-order valence-corrected chi connectivity index (χ0v) is 19.1. The Kier molecular flexibility index (Phi) is 6.68. The molecule has 0 saturated carbocycles. The third-order valence-electron chi connectivity index (χ3n) is 5.45. The molecule has 3 aromatic rings. The van der Waals surface area contributed by atoms with E-state index in [1.807, 2.05) is 49.3 Å². The molecule has 1 unspecified atom stereocenters. The number of aromatic nitrogens is 2. The summed E-state index contributed by atoms with van der Waals surface area (Å²) in [4.78, 5) is 24.7. The van der Waals surface area contributed by atoms with E-state index in [2.05, 4.69) is 15.3 Å². The molecule has 0 saturated heterocycles. The van der Waals surface area contributed by atoms with Crippen molar-refractivity contribution in [3.8, 4) is 0 Å². The Morgan fingerprint density at radius 3 is 2.79 bits per heavy atom. The summed E-state index contributed by atoms with van der Waals surface area (Å²) in [5.74, 6) is -0.333. The molecule has 0 radical (unpaired) electrons. The number of nitrogens with zero attached hydrogens (tertiary/aromatic N) is 4. The van der Waals surface area contributed by atoms with Gasteiger partial charge in [0.25, 0.3) is 5.91 Å². The molecular weight excluding hydrogens is 448 g/mol. The highest BCUT2D eigenvalue weighted by molar-refractivity contribution is 7.19. The van der Waals surface area contributed by atoms with Crippen LogP contribution in [0.2, 0.25) is 0 Å². The number of aliphatic hydroxyl groups is 1. The number of carbonyl (C=O) groups excluding carboxylic acids is 1. The van der Waals surface area contributed by atoms with Crippen molar-refractivity contribution in [3.05, 3.63) is 64.8 Å². The lowest BCUT2D eigenvalue weighted by molar-refractivity contribution is -0.174. The maximum atomic E-state index is 15.1. The van der Waals surface area contributed by atoms with Gasteiger partial charge in [0.1, 0.15) is 17.0 Å². The first-order chi connectivity index (χ1) is 15.8. The largest absolute Gasteiger partial charge is 0.394 e. The smallest absolute Gasteiger partial charge is 0.332 e. The van der Waals surface area contributed by atoms with Gasteiger partial charge in [0, 0.05) is 17.5 Å². The van der Waals surface area contributed by atoms with E-state index in [9.17, 15) is 9.90 Å². The number of thiophene rings is 1. The van der Waals surface area contributed by atoms with Crippen molar-refractivity contribution in [2.24, 2.45) is 0 Å². The predicted molar refractivity (Wildman–Crippen MR) is 124 cm³/mol. The molecule has 33 heavy (non-hydrogen) atoms. The van der Waals surface area contributed by atoms with E-state index in [4.69, 9.17) is 0 Å². The molecule has 4 rings (SSSR count). The quantitative estimate of drug-likeness (QED) is 0.404. The summed E-state index contributed by atoms with van der Waals surface area (Å²) in [5, 5.41) is 13.6. The van der Waals surface area contributed by atoms with Crippen molar-refractivity contribution >= 4 is 33.3 Å². The molecule has 1 aliphatic rings. The average molecular weight is 474 g/mol. The number of rotatable bonds is 7. The van der Waals surface area contributed by atoms with E-state index in [0.717, 1.165) is 5.56 Å². The van der Waals surface area contributed by atoms with Crippen LogP contribution in [0.1, 0.15) is 22.0 Å². The summed E-state index contributed by atoms with van der Waals surface area (Å²) in [5.41, 5.74) is 1.29. The van der Waals surface area contributed by atoms with Crippen LogP contribution in [0, 0.1) is 0 Å². The first kappa shape index (κ1) is 23.2. The van der Waals surface area contributed by atoms with Gasteiger partial charge in [0.05, 0.1) is 31.0 Å². The normalized spacial score (nSPS) is 16.4. The van der Waals surface area contributed by atoms with Crippen molar-refractivity contribution in [2.45, 2.75) is 25.1 Å². The van der Waals surface area contributed by atoms with E-state index in [1.54, 1.807) is 6.08 Å². The monoisotopic (exact) mass is 473 g/mol. The molecule has 0 aliphatic carbocycles. The number of benzene rings is 1. The van der Waals surface area contributed by atoms with E-state index < -0.39 is 24.4 Å². The van der Waals surface area contributed by atoms with Crippen LogP contribution in [-0.4, -0.2) is 64.1 Å². The van der Waals surface area contributed by atoms with Crippen LogP contribution in [-0.2, 0) is 17.8 Å². The summed E-state index contributed by atoms with van der Waals surface area (Å²) >= 11 is 1.28. The SMILES string of the molecule is CN(C)CC=CC(=O)N1Cc2sc3ncnc(NC(CO)c4ccccc4)c3c2CC1(F)F. The van der Waals surface area contributed by atoms with Crippen LogP contribution in [0.3, 0.4) is 0 Å². The summed E-state index contributed by atoms with van der Waals surface area (Å²) < 4.78 is 30.2. The highest BCUT2D eigenvalue weighted by Gasteiger charge is 2.45. The van der Waals surface area contributed by atoms with Crippen LogP contribution in [0.4, 0.5) is 14.6 Å². The van der Waals surface area contributed by atoms with Crippen LogP contribution in [0.15, 0.2) is 48.8 Å². The van der Waals surface area contributed by atoms with Gasteiger partial charge in [-0.25, -0.2) is 9.97 Å². The molecule has 1 amide bonds. The third-order valence-corrected chi connectivity index (χ3v) is 6.57. The van der Waals surface area contributed by atoms with Gasteiger partial charge < -0.3 is 15.3 Å². The second-order valence-corrected chi connectivity index (χ2v) is 9.21. The molecule has 0 fully saturated rings. The van der Waals surface area contributed by atoms with Crippen molar-refractivity contribution < 1.29 is 18.7 Å². The number of aliphatic hydroxyl groups excluding tert-OH is 1. The number of nitrogens with one attached hydrogen (secondary N) is 1. The summed E-state index contributed by atoms with van der Waals surface area (Å²) in [6.07, 6.45) is 3.53. The van der Waals surface area contributed by atoms with E-state index >= 15 is 8.78 Å². The second kappa shape index (κ2) is 9.50. The molecule has 1 aromatic carbocycles. The Hall–Kier alpha value is -2.95. The van der Waals surface area contributed by atoms with E-state index in [-0.39, 0.29) is 13.2 Å². The zero-order valence-electron chi connectivity index (χ0n) is 18.3. The summed E-state index contributed by atoms with van der Waals surface area (Å²) in [7, 11) is 3.67. The number of fused-ring (bicyclic) bond motifs is 3. The lowest BCUT2D eigenvalue weighted by Gasteiger charge is -2.34. The molecule has 0 spiro atoms. The molecule has 1 aliphatic heterocycles. The van der Waals surface area contributed by atoms with Gasteiger partial charge in [-0.1, -0.05) is 36.4 Å². The average Bonchev–Trinajstić information content (AvgIpc) is 3.14. The van der Waals surface area contributed by atoms with Crippen LogP contribution >= 0.6 is 11.3 Å². The number of anilines is 1. The maximum Gasteiger partial charge on any atom is 0.332 e. The van der Waals surface area contributed by atoms with Gasteiger partial charge in [-0.2, -0.15) is 8.78 Å². The molecule has 10 heteroatoms. The fourth-order valence-corrected chi connectivity index (χ4v) is 4.95. The van der Waals surface area contributed by atoms with Crippen molar-refractivity contribution in [1.82, 2.24) is 19.8 Å². The topological polar surface area (TPSA) is 81.6 Å². The molecule has 174 valence electrons. The van der Waals surface area contributed by atoms with Gasteiger partial charge in [0.2, 0.25) is 0 Å². The van der Waals surface area contributed by atoms with Gasteiger partial charge in [-0.05, 0) is 25.2 Å². The fourth-order valence-electron chi connectivity index (χ4n) is 3.81. The summed E-state index contributed by atoms with van der Waals surface area (Å²) in [6.45, 7) is 0.0902.